The number of rotatable bonds is 3. The number of hydrogen-bond acceptors (Lipinski definition) is 2. The van der Waals surface area contributed by atoms with Crippen molar-refractivity contribution in [3.63, 3.8) is 0 Å². The summed E-state index contributed by atoms with van der Waals surface area (Å²) in [5.41, 5.74) is 3.88. The van der Waals surface area contributed by atoms with E-state index in [1.165, 1.54) is 0 Å². The lowest BCUT2D eigenvalue weighted by atomic mass is 10.0. The van der Waals surface area contributed by atoms with Crippen molar-refractivity contribution in [2.75, 3.05) is 0 Å². The van der Waals surface area contributed by atoms with Gasteiger partial charge in [0.25, 0.3) is 0 Å². The molecule has 0 spiro atoms. The van der Waals surface area contributed by atoms with Crippen molar-refractivity contribution in [1.29, 1.82) is 0 Å². The molecule has 0 aliphatic rings. The summed E-state index contributed by atoms with van der Waals surface area (Å²) in [6, 6.07) is 9.50. The highest BCUT2D eigenvalue weighted by molar-refractivity contribution is 6.31. The molecule has 1 atom stereocenters. The Morgan fingerprint density at radius 3 is 2.67 bits per heavy atom. The number of aromatic nitrogens is 1. The van der Waals surface area contributed by atoms with E-state index in [0.29, 0.717) is 6.42 Å². The molecule has 94 valence electrons. The second kappa shape index (κ2) is 5.51. The summed E-state index contributed by atoms with van der Waals surface area (Å²) < 4.78 is 0. The van der Waals surface area contributed by atoms with Crippen molar-refractivity contribution in [1.82, 2.24) is 4.98 Å². The number of hydrogen-bond donors (Lipinski definition) is 1. The van der Waals surface area contributed by atoms with E-state index in [2.05, 4.69) is 4.98 Å². The third kappa shape index (κ3) is 2.89. The molecule has 0 fully saturated rings. The van der Waals surface area contributed by atoms with Gasteiger partial charge in [-0.3, -0.25) is 4.98 Å². The van der Waals surface area contributed by atoms with Crippen molar-refractivity contribution in [2.45, 2.75) is 26.4 Å². The first-order valence-corrected chi connectivity index (χ1v) is 6.30. The average molecular weight is 262 g/mol. The number of nitrogens with zero attached hydrogens (tertiary/aromatic N) is 1. The maximum Gasteiger partial charge on any atom is 0.0845 e. The molecule has 0 amide bonds. The second-order valence-electron chi connectivity index (χ2n) is 4.50. The zero-order valence-electron chi connectivity index (χ0n) is 10.5. The molecule has 1 heterocycles. The highest BCUT2D eigenvalue weighted by Crippen LogP contribution is 2.23. The standard InChI is InChI=1S/C15H16ClNO/c1-10-4-3-7-17-14(10)9-15(18)12-5-6-13(16)11(2)8-12/h3-8,15,18H,9H2,1-2H3. The molecule has 3 heteroatoms. The van der Waals surface area contributed by atoms with Gasteiger partial charge in [-0.05, 0) is 42.7 Å². The minimum absolute atomic E-state index is 0.522. The SMILES string of the molecule is Cc1cc(C(O)Cc2ncccc2C)ccc1Cl. The summed E-state index contributed by atoms with van der Waals surface area (Å²) in [6.07, 6.45) is 1.73. The molecular formula is C15H16ClNO. The molecule has 0 saturated heterocycles. The van der Waals surface area contributed by atoms with Gasteiger partial charge in [0, 0.05) is 23.3 Å². The first-order chi connectivity index (χ1) is 8.58. The molecule has 18 heavy (non-hydrogen) atoms. The summed E-state index contributed by atoms with van der Waals surface area (Å²) in [7, 11) is 0. The molecule has 0 bridgehead atoms. The summed E-state index contributed by atoms with van der Waals surface area (Å²) in [5, 5.41) is 11.0. The summed E-state index contributed by atoms with van der Waals surface area (Å²) >= 11 is 5.98. The van der Waals surface area contributed by atoms with Crippen LogP contribution in [-0.2, 0) is 6.42 Å². The van der Waals surface area contributed by atoms with Crippen LogP contribution in [0.25, 0.3) is 0 Å². The highest BCUT2D eigenvalue weighted by Gasteiger charge is 2.11. The van der Waals surface area contributed by atoms with Crippen molar-refractivity contribution in [3.8, 4) is 0 Å². The van der Waals surface area contributed by atoms with Gasteiger partial charge in [-0.15, -0.1) is 0 Å². The molecule has 1 N–H and O–H groups in total. The number of benzene rings is 1. The van der Waals surface area contributed by atoms with Gasteiger partial charge in [0.15, 0.2) is 0 Å². The van der Waals surface area contributed by atoms with Crippen LogP contribution in [0, 0.1) is 13.8 Å². The Kier molecular flexibility index (Phi) is 4.00. The van der Waals surface area contributed by atoms with E-state index in [4.69, 9.17) is 11.6 Å². The van der Waals surface area contributed by atoms with Crippen LogP contribution in [-0.4, -0.2) is 10.1 Å². The van der Waals surface area contributed by atoms with Gasteiger partial charge in [-0.2, -0.15) is 0 Å². The van der Waals surface area contributed by atoms with Gasteiger partial charge in [0.05, 0.1) is 6.10 Å². The number of halogens is 1. The lowest BCUT2D eigenvalue weighted by molar-refractivity contribution is 0.177. The molecule has 2 nitrogen and oxygen atoms in total. The predicted molar refractivity (Wildman–Crippen MR) is 73.8 cm³/mol. The van der Waals surface area contributed by atoms with E-state index in [1.807, 2.05) is 44.2 Å². The van der Waals surface area contributed by atoms with E-state index < -0.39 is 6.10 Å². The Morgan fingerprint density at radius 1 is 1.22 bits per heavy atom. The van der Waals surface area contributed by atoms with E-state index in [9.17, 15) is 5.11 Å². The molecule has 0 aliphatic carbocycles. The summed E-state index contributed by atoms with van der Waals surface area (Å²) in [6.45, 7) is 3.94. The fourth-order valence-electron chi connectivity index (χ4n) is 1.91. The van der Waals surface area contributed by atoms with Gasteiger partial charge in [-0.1, -0.05) is 29.8 Å². The third-order valence-electron chi connectivity index (χ3n) is 3.07. The molecule has 2 rings (SSSR count). The van der Waals surface area contributed by atoms with Crippen LogP contribution in [0.5, 0.6) is 0 Å². The first kappa shape index (κ1) is 13.1. The monoisotopic (exact) mass is 261 g/mol. The number of aliphatic hydroxyl groups excluding tert-OH is 1. The fraction of sp³-hybridized carbons (Fsp3) is 0.267. The molecule has 1 aromatic heterocycles. The summed E-state index contributed by atoms with van der Waals surface area (Å²) in [4.78, 5) is 4.30. The zero-order chi connectivity index (χ0) is 13.1. The Hall–Kier alpha value is -1.38. The van der Waals surface area contributed by atoms with E-state index in [-0.39, 0.29) is 0 Å². The molecule has 2 aromatic rings. The fourth-order valence-corrected chi connectivity index (χ4v) is 2.03. The average Bonchev–Trinajstić information content (AvgIpc) is 2.35. The van der Waals surface area contributed by atoms with E-state index >= 15 is 0 Å². The Labute approximate surface area is 112 Å². The smallest absolute Gasteiger partial charge is 0.0845 e. The summed E-state index contributed by atoms with van der Waals surface area (Å²) in [5.74, 6) is 0. The van der Waals surface area contributed by atoms with Crippen LogP contribution in [0.2, 0.25) is 5.02 Å². The van der Waals surface area contributed by atoms with Crippen LogP contribution >= 0.6 is 11.6 Å². The third-order valence-corrected chi connectivity index (χ3v) is 3.50. The van der Waals surface area contributed by atoms with Gasteiger partial charge in [0.2, 0.25) is 0 Å². The van der Waals surface area contributed by atoms with E-state index in [1.54, 1.807) is 6.20 Å². The lowest BCUT2D eigenvalue weighted by Gasteiger charge is -2.13. The van der Waals surface area contributed by atoms with E-state index in [0.717, 1.165) is 27.4 Å². The van der Waals surface area contributed by atoms with Crippen LogP contribution in [0.4, 0.5) is 0 Å². The topological polar surface area (TPSA) is 33.1 Å². The van der Waals surface area contributed by atoms with Crippen molar-refractivity contribution in [3.05, 3.63) is 63.9 Å². The maximum atomic E-state index is 10.2. The number of pyridine rings is 1. The number of aryl methyl sites for hydroxylation is 2. The molecule has 0 saturated carbocycles. The minimum Gasteiger partial charge on any atom is -0.388 e. The molecular weight excluding hydrogens is 246 g/mol. The first-order valence-electron chi connectivity index (χ1n) is 5.92. The van der Waals surface area contributed by atoms with Crippen LogP contribution in [0.15, 0.2) is 36.5 Å². The largest absolute Gasteiger partial charge is 0.388 e. The quantitative estimate of drug-likeness (QED) is 0.915. The molecule has 1 unspecified atom stereocenters. The van der Waals surface area contributed by atoms with Crippen molar-refractivity contribution < 1.29 is 5.11 Å². The van der Waals surface area contributed by atoms with Crippen LogP contribution in [0.1, 0.15) is 28.5 Å². The minimum atomic E-state index is -0.547. The van der Waals surface area contributed by atoms with Gasteiger partial charge >= 0.3 is 0 Å². The molecule has 1 aromatic carbocycles. The lowest BCUT2D eigenvalue weighted by Crippen LogP contribution is -2.05. The van der Waals surface area contributed by atoms with Crippen molar-refractivity contribution >= 4 is 11.6 Å². The van der Waals surface area contributed by atoms with Crippen LogP contribution < -0.4 is 0 Å². The Morgan fingerprint density at radius 2 is 2.00 bits per heavy atom. The van der Waals surface area contributed by atoms with Gasteiger partial charge in [0.1, 0.15) is 0 Å². The highest BCUT2D eigenvalue weighted by atomic mass is 35.5. The molecule has 0 radical (unpaired) electrons. The van der Waals surface area contributed by atoms with Gasteiger partial charge < -0.3 is 5.11 Å². The molecule has 0 aliphatic heterocycles. The maximum absolute atomic E-state index is 10.2. The second-order valence-corrected chi connectivity index (χ2v) is 4.90. The Balaban J connectivity index is 2.19. The Bertz CT molecular complexity index is 554. The van der Waals surface area contributed by atoms with Gasteiger partial charge in [-0.25, -0.2) is 0 Å². The van der Waals surface area contributed by atoms with Crippen molar-refractivity contribution in [2.24, 2.45) is 0 Å². The normalized spacial score (nSPS) is 12.4. The predicted octanol–water partition coefficient (Wildman–Crippen LogP) is 3.63. The zero-order valence-corrected chi connectivity index (χ0v) is 11.3. The number of aliphatic hydroxyl groups is 1. The van der Waals surface area contributed by atoms with Crippen LogP contribution in [0.3, 0.4) is 0 Å².